The molecular formula is C93H77N5OS. The molecule has 0 aliphatic heterocycles. The molecule has 7 heteroatoms. The van der Waals surface area contributed by atoms with Gasteiger partial charge in [0.05, 0.1) is 22.1 Å². The van der Waals surface area contributed by atoms with E-state index in [1.54, 1.807) is 0 Å². The highest BCUT2D eigenvalue weighted by Crippen LogP contribution is 2.64. The molecule has 0 spiro atoms. The minimum atomic E-state index is -0.104. The van der Waals surface area contributed by atoms with Crippen molar-refractivity contribution in [3.05, 3.63) is 271 Å². The lowest BCUT2D eigenvalue weighted by Gasteiger charge is -2.44. The van der Waals surface area contributed by atoms with Crippen LogP contribution < -0.4 is 0 Å². The summed E-state index contributed by atoms with van der Waals surface area (Å²) in [4.78, 5) is 15.3. The molecule has 0 unspecified atom stereocenters. The fourth-order valence-corrected chi connectivity index (χ4v) is 18.8. The van der Waals surface area contributed by atoms with Crippen molar-refractivity contribution < 1.29 is 4.42 Å². The van der Waals surface area contributed by atoms with Gasteiger partial charge in [0.15, 0.2) is 17.5 Å². The number of thiophene rings is 1. The Morgan fingerprint density at radius 3 is 1.26 bits per heavy atom. The third-order valence-electron chi connectivity index (χ3n) is 25.8. The molecule has 0 saturated carbocycles. The van der Waals surface area contributed by atoms with Crippen LogP contribution in [-0.2, 0) is 21.7 Å². The average molecular weight is 1310 g/mol. The van der Waals surface area contributed by atoms with Crippen LogP contribution in [0.1, 0.15) is 105 Å². The van der Waals surface area contributed by atoms with Gasteiger partial charge in [0, 0.05) is 80.6 Å². The SMILES string of the molecule is CC1(C)c2cc3c4cc(-c5ccc6sc7ccc(-c8nc(-c9ccccc9)nc(-c9ccccc9)n8)cc7c6c5)ccc4n(-c4cccc(-c5cc(-c6ccc7c(c6)c6cc8c(cc6n7-c6ccccc6)C(C)(C)C(C)(C)C8(C)C)c6c(c5)oc5ccccc56)c4)c3cc2C(C)(C)C1(C)C. The molecule has 5 aromatic heterocycles. The predicted molar refractivity (Wildman–Crippen MR) is 421 cm³/mol. The number of hydrogen-bond donors (Lipinski definition) is 0. The maximum atomic E-state index is 6.95. The molecule has 0 N–H and O–H groups in total. The van der Waals surface area contributed by atoms with Crippen molar-refractivity contribution in [1.29, 1.82) is 0 Å². The van der Waals surface area contributed by atoms with E-state index in [1.807, 2.05) is 47.7 Å². The first kappa shape index (κ1) is 60.4. The van der Waals surface area contributed by atoms with Gasteiger partial charge >= 0.3 is 0 Å². The lowest BCUT2D eigenvalue weighted by atomic mass is 9.59. The zero-order valence-corrected chi connectivity index (χ0v) is 59.5. The van der Waals surface area contributed by atoms with Gasteiger partial charge in [-0.3, -0.25) is 0 Å². The van der Waals surface area contributed by atoms with Crippen LogP contribution in [0.3, 0.4) is 0 Å². The van der Waals surface area contributed by atoms with Crippen LogP contribution in [0.15, 0.2) is 253 Å². The lowest BCUT2D eigenvalue weighted by molar-refractivity contribution is 0.125. The molecule has 19 rings (SSSR count). The third kappa shape index (κ3) is 8.39. The van der Waals surface area contributed by atoms with E-state index in [0.29, 0.717) is 17.5 Å². The zero-order valence-electron chi connectivity index (χ0n) is 58.7. The summed E-state index contributed by atoms with van der Waals surface area (Å²) in [6.45, 7) is 29.5. The van der Waals surface area contributed by atoms with Crippen molar-refractivity contribution in [2.75, 3.05) is 0 Å². The highest BCUT2D eigenvalue weighted by atomic mass is 32.1. The van der Waals surface area contributed by atoms with Gasteiger partial charge in [0.2, 0.25) is 0 Å². The van der Waals surface area contributed by atoms with E-state index in [2.05, 4.69) is 305 Å². The fraction of sp³-hybridized carbons (Fsp3) is 0.194. The predicted octanol–water partition coefficient (Wildman–Crippen LogP) is 25.5. The normalized spacial score (nSPS) is 16.3. The second-order valence-electron chi connectivity index (χ2n) is 31.7. The molecule has 0 radical (unpaired) electrons. The first-order chi connectivity index (χ1) is 48.1. The first-order valence-corrected chi connectivity index (χ1v) is 36.1. The average Bonchev–Trinajstić information content (AvgIpc) is 1.53. The second kappa shape index (κ2) is 20.9. The summed E-state index contributed by atoms with van der Waals surface area (Å²) in [7, 11) is 0. The molecule has 0 bridgehead atoms. The molecule has 0 fully saturated rings. The summed E-state index contributed by atoms with van der Waals surface area (Å²) in [5, 5.41) is 9.63. The quantitative estimate of drug-likeness (QED) is 0.152. The van der Waals surface area contributed by atoms with Crippen LogP contribution in [-0.4, -0.2) is 24.1 Å². The van der Waals surface area contributed by atoms with Crippen molar-refractivity contribution in [3.63, 3.8) is 0 Å². The Morgan fingerprint density at radius 2 is 0.690 bits per heavy atom. The van der Waals surface area contributed by atoms with E-state index >= 15 is 0 Å². The molecular weight excluding hydrogens is 1240 g/mol. The van der Waals surface area contributed by atoms with E-state index in [9.17, 15) is 0 Å². The Bertz CT molecular complexity index is 6270. The number of benzene rings is 12. The summed E-state index contributed by atoms with van der Waals surface area (Å²) < 4.78 is 14.4. The highest BCUT2D eigenvalue weighted by Gasteiger charge is 2.58. The van der Waals surface area contributed by atoms with Gasteiger partial charge < -0.3 is 13.6 Å². The summed E-state index contributed by atoms with van der Waals surface area (Å²) >= 11 is 1.83. The van der Waals surface area contributed by atoms with E-state index in [0.717, 1.165) is 72.3 Å². The first-order valence-electron chi connectivity index (χ1n) is 35.3. The van der Waals surface area contributed by atoms with E-state index in [-0.39, 0.29) is 32.5 Å². The summed E-state index contributed by atoms with van der Waals surface area (Å²) in [6.07, 6.45) is 0. The molecule has 17 aromatic rings. The Kier molecular flexibility index (Phi) is 12.6. The molecule has 5 heterocycles. The number of furan rings is 1. The van der Waals surface area contributed by atoms with Crippen LogP contribution in [0, 0.1) is 10.8 Å². The second-order valence-corrected chi connectivity index (χ2v) is 32.7. The number of para-hydroxylation sites is 2. The van der Waals surface area contributed by atoms with Crippen molar-refractivity contribution in [2.45, 2.75) is 105 Å². The largest absolute Gasteiger partial charge is 0.456 e. The minimum Gasteiger partial charge on any atom is -0.456 e. The molecule has 0 saturated heterocycles. The molecule has 486 valence electrons. The molecule has 100 heavy (non-hydrogen) atoms. The Balaban J connectivity index is 0.769. The van der Waals surface area contributed by atoms with Gasteiger partial charge in [-0.1, -0.05) is 210 Å². The fourth-order valence-electron chi connectivity index (χ4n) is 17.7. The van der Waals surface area contributed by atoms with Crippen LogP contribution in [0.5, 0.6) is 0 Å². The van der Waals surface area contributed by atoms with Crippen LogP contribution in [0.4, 0.5) is 0 Å². The van der Waals surface area contributed by atoms with Crippen molar-refractivity contribution in [2.24, 2.45) is 10.8 Å². The lowest BCUT2D eigenvalue weighted by Crippen LogP contribution is -2.42. The number of fused-ring (bicyclic) bond motifs is 14. The number of hydrogen-bond acceptors (Lipinski definition) is 5. The smallest absolute Gasteiger partial charge is 0.164 e. The molecule has 0 amide bonds. The molecule has 2 aliphatic rings. The van der Waals surface area contributed by atoms with Crippen molar-refractivity contribution in [3.8, 4) is 78.9 Å². The van der Waals surface area contributed by atoms with Crippen LogP contribution >= 0.6 is 11.3 Å². The Hall–Kier alpha value is -10.7. The number of aromatic nitrogens is 5. The standard InChI is InChI=1S/C93H77N5OS/c1-88(2)72-50-68-66-44-57(58-37-41-82-70(45-58)71-47-60(38-42-83(71)100-82)87-95-85(54-25-16-13-17-26-54)94-86(96-87)55-27-18-14-19-28-55)35-39-77(66)98(79(68)53-75(72)91(7,8)93(88,11)12)63-32-24-29-56(43-63)61-48-65(84-64-33-22-23-34-80(64)99-81(84)49-61)59-36-40-76-67(46-59)69-51-73-74(90(5,6)92(9,10)89(73,3)4)52-78(69)97(76)62-30-20-15-21-31-62/h13-53H,1-12H3. The molecule has 6 nitrogen and oxygen atoms in total. The van der Waals surface area contributed by atoms with Crippen molar-refractivity contribution in [1.82, 2.24) is 24.1 Å². The van der Waals surface area contributed by atoms with E-state index in [1.165, 1.54) is 97.2 Å². The van der Waals surface area contributed by atoms with Gasteiger partial charge in [0.1, 0.15) is 11.2 Å². The van der Waals surface area contributed by atoms with E-state index in [4.69, 9.17) is 19.4 Å². The monoisotopic (exact) mass is 1310 g/mol. The zero-order chi connectivity index (χ0) is 68.3. The summed E-state index contributed by atoms with van der Waals surface area (Å²) in [5.74, 6) is 1.95. The Labute approximate surface area is 587 Å². The number of rotatable bonds is 8. The van der Waals surface area contributed by atoms with Gasteiger partial charge in [-0.05, 0) is 209 Å². The summed E-state index contributed by atoms with van der Waals surface area (Å²) in [6, 6.07) is 92.0. The maximum absolute atomic E-state index is 6.95. The van der Waals surface area contributed by atoms with Crippen LogP contribution in [0.2, 0.25) is 0 Å². The van der Waals surface area contributed by atoms with Crippen LogP contribution in [0.25, 0.3) is 165 Å². The van der Waals surface area contributed by atoms with Gasteiger partial charge in [-0.15, -0.1) is 11.3 Å². The third-order valence-corrected chi connectivity index (χ3v) is 26.9. The molecule has 0 atom stereocenters. The van der Waals surface area contributed by atoms with Gasteiger partial charge in [-0.2, -0.15) is 0 Å². The van der Waals surface area contributed by atoms with E-state index < -0.39 is 0 Å². The summed E-state index contributed by atoms with van der Waals surface area (Å²) in [5.41, 5.74) is 24.0. The topological polar surface area (TPSA) is 61.7 Å². The minimum absolute atomic E-state index is 0.0227. The number of nitrogens with zero attached hydrogens (tertiary/aromatic N) is 5. The maximum Gasteiger partial charge on any atom is 0.164 e. The molecule has 2 aliphatic carbocycles. The Morgan fingerprint density at radius 1 is 0.280 bits per heavy atom. The molecule has 12 aromatic carbocycles. The van der Waals surface area contributed by atoms with Crippen molar-refractivity contribution >= 4 is 97.1 Å². The highest BCUT2D eigenvalue weighted by molar-refractivity contribution is 7.25. The van der Waals surface area contributed by atoms with Gasteiger partial charge in [0.25, 0.3) is 0 Å². The van der Waals surface area contributed by atoms with Gasteiger partial charge in [-0.25, -0.2) is 15.0 Å².